The van der Waals surface area contributed by atoms with Gasteiger partial charge >= 0.3 is 0 Å². The summed E-state index contributed by atoms with van der Waals surface area (Å²) >= 11 is 0. The molecule has 1 heterocycles. The van der Waals surface area contributed by atoms with Gasteiger partial charge in [-0.15, -0.1) is 0 Å². The van der Waals surface area contributed by atoms with E-state index in [4.69, 9.17) is 10.5 Å². The van der Waals surface area contributed by atoms with Gasteiger partial charge in [-0.2, -0.15) is 0 Å². The number of carbonyl (C=O) groups is 2. The van der Waals surface area contributed by atoms with E-state index in [9.17, 15) is 9.59 Å². The van der Waals surface area contributed by atoms with Crippen LogP contribution in [0.25, 0.3) is 0 Å². The van der Waals surface area contributed by atoms with E-state index in [0.29, 0.717) is 39.3 Å². The minimum Gasteiger partial charge on any atom is -0.378 e. The van der Waals surface area contributed by atoms with Crippen molar-refractivity contribution in [1.82, 2.24) is 10.2 Å². The molecule has 0 radical (unpaired) electrons. The largest absolute Gasteiger partial charge is 0.378 e. The van der Waals surface area contributed by atoms with Crippen LogP contribution in [0, 0.1) is 0 Å². The van der Waals surface area contributed by atoms with Gasteiger partial charge in [0.25, 0.3) is 0 Å². The molecule has 120 valence electrons. The number of ether oxygens (including phenoxy) is 1. The molecule has 6 heteroatoms. The van der Waals surface area contributed by atoms with Gasteiger partial charge in [0.05, 0.1) is 13.2 Å². The fraction of sp³-hybridized carbons (Fsp3) is 0.500. The molecule has 1 aromatic rings. The fourth-order valence-corrected chi connectivity index (χ4v) is 2.37. The number of nitrogens with two attached hydrogens (primary N) is 1. The molecule has 6 nitrogen and oxygen atoms in total. The lowest BCUT2D eigenvalue weighted by Crippen LogP contribution is -2.42. The Kier molecular flexibility index (Phi) is 6.36. The molecule has 3 N–H and O–H groups in total. The zero-order valence-corrected chi connectivity index (χ0v) is 12.7. The second kappa shape index (κ2) is 8.51. The zero-order chi connectivity index (χ0) is 15.8. The van der Waals surface area contributed by atoms with Crippen LogP contribution in [0.4, 0.5) is 0 Å². The highest BCUT2D eigenvalue weighted by Crippen LogP contribution is 2.12. The van der Waals surface area contributed by atoms with Crippen LogP contribution in [0.3, 0.4) is 0 Å². The van der Waals surface area contributed by atoms with E-state index < -0.39 is 0 Å². The maximum absolute atomic E-state index is 11.9. The molecule has 1 aromatic carbocycles. The average molecular weight is 305 g/mol. The van der Waals surface area contributed by atoms with E-state index >= 15 is 0 Å². The maximum atomic E-state index is 11.9. The van der Waals surface area contributed by atoms with Gasteiger partial charge in [0, 0.05) is 38.5 Å². The number of hydrogen-bond acceptors (Lipinski definition) is 4. The number of carbonyl (C=O) groups excluding carboxylic acids is 2. The summed E-state index contributed by atoms with van der Waals surface area (Å²) in [5.74, 6) is -0.0814. The normalized spacial score (nSPS) is 16.1. The van der Waals surface area contributed by atoms with Crippen molar-refractivity contribution in [3.8, 4) is 0 Å². The summed E-state index contributed by atoms with van der Waals surface area (Å²) in [6, 6.07) is 9.19. The minimum atomic E-state index is -0.323. The number of nitrogens with zero attached hydrogens (tertiary/aromatic N) is 1. The van der Waals surface area contributed by atoms with Crippen molar-refractivity contribution >= 4 is 11.8 Å². The van der Waals surface area contributed by atoms with Crippen LogP contribution in [0.2, 0.25) is 0 Å². The number of hydrogen-bond donors (Lipinski definition) is 2. The average Bonchev–Trinajstić information content (AvgIpc) is 2.56. The van der Waals surface area contributed by atoms with Gasteiger partial charge in [0.15, 0.2) is 0 Å². The lowest BCUT2D eigenvalue weighted by Gasteiger charge is -2.26. The highest BCUT2D eigenvalue weighted by Gasteiger charge is 2.17. The topological polar surface area (TPSA) is 84.7 Å². The monoisotopic (exact) mass is 305 g/mol. The predicted molar refractivity (Wildman–Crippen MR) is 83.0 cm³/mol. The number of morpholine rings is 1. The summed E-state index contributed by atoms with van der Waals surface area (Å²) < 4.78 is 5.20. The third-order valence-corrected chi connectivity index (χ3v) is 3.66. The SMILES string of the molecule is NC(CC(=O)NCCC(=O)N1CCOCC1)c1ccccc1. The summed E-state index contributed by atoms with van der Waals surface area (Å²) in [4.78, 5) is 25.5. The Morgan fingerprint density at radius 3 is 2.59 bits per heavy atom. The summed E-state index contributed by atoms with van der Waals surface area (Å²) in [6.07, 6.45) is 0.530. The van der Waals surface area contributed by atoms with Gasteiger partial charge < -0.3 is 20.7 Å². The van der Waals surface area contributed by atoms with Gasteiger partial charge in [-0.1, -0.05) is 30.3 Å². The highest BCUT2D eigenvalue weighted by atomic mass is 16.5. The summed E-state index contributed by atoms with van der Waals surface area (Å²) in [5, 5.41) is 2.76. The van der Waals surface area contributed by atoms with Gasteiger partial charge in [0.1, 0.15) is 0 Å². The molecule has 2 rings (SSSR count). The molecular formula is C16H23N3O3. The standard InChI is InChI=1S/C16H23N3O3/c17-14(13-4-2-1-3-5-13)12-15(20)18-7-6-16(21)19-8-10-22-11-9-19/h1-5,14H,6-12,17H2,(H,18,20). The molecule has 1 saturated heterocycles. The van der Waals surface area contributed by atoms with Gasteiger partial charge in [0.2, 0.25) is 11.8 Å². The van der Waals surface area contributed by atoms with Crippen molar-refractivity contribution in [2.75, 3.05) is 32.8 Å². The molecule has 1 unspecified atom stereocenters. The smallest absolute Gasteiger partial charge is 0.224 e. The molecule has 0 spiro atoms. The van der Waals surface area contributed by atoms with Crippen molar-refractivity contribution in [1.29, 1.82) is 0 Å². The van der Waals surface area contributed by atoms with E-state index in [1.54, 1.807) is 4.90 Å². The number of rotatable bonds is 6. The van der Waals surface area contributed by atoms with Gasteiger partial charge in [-0.05, 0) is 5.56 Å². The maximum Gasteiger partial charge on any atom is 0.224 e. The van der Waals surface area contributed by atoms with Crippen LogP contribution >= 0.6 is 0 Å². The van der Waals surface area contributed by atoms with E-state index in [0.717, 1.165) is 5.56 Å². The first-order valence-corrected chi connectivity index (χ1v) is 7.59. The van der Waals surface area contributed by atoms with Crippen molar-refractivity contribution in [3.63, 3.8) is 0 Å². The molecule has 1 aliphatic heterocycles. The number of nitrogens with one attached hydrogen (secondary N) is 1. The third kappa shape index (κ3) is 5.13. The molecule has 0 aromatic heterocycles. The summed E-state index contributed by atoms with van der Waals surface area (Å²) in [6.45, 7) is 2.78. The Labute approximate surface area is 130 Å². The molecule has 22 heavy (non-hydrogen) atoms. The van der Waals surface area contributed by atoms with Crippen molar-refractivity contribution < 1.29 is 14.3 Å². The molecular weight excluding hydrogens is 282 g/mol. The molecule has 1 aliphatic rings. The van der Waals surface area contributed by atoms with Gasteiger partial charge in [-0.25, -0.2) is 0 Å². The molecule has 0 bridgehead atoms. The Hall–Kier alpha value is -1.92. The molecule has 2 amide bonds. The fourth-order valence-electron chi connectivity index (χ4n) is 2.37. The van der Waals surface area contributed by atoms with Crippen molar-refractivity contribution in [3.05, 3.63) is 35.9 Å². The number of amides is 2. The Morgan fingerprint density at radius 2 is 1.91 bits per heavy atom. The Balaban J connectivity index is 1.66. The van der Waals surface area contributed by atoms with Crippen LogP contribution in [-0.4, -0.2) is 49.6 Å². The molecule has 1 fully saturated rings. The summed E-state index contributed by atoms with van der Waals surface area (Å²) in [7, 11) is 0. The zero-order valence-electron chi connectivity index (χ0n) is 12.7. The lowest BCUT2D eigenvalue weighted by atomic mass is 10.0. The van der Waals surface area contributed by atoms with Crippen molar-refractivity contribution in [2.24, 2.45) is 5.73 Å². The second-order valence-electron chi connectivity index (χ2n) is 5.31. The van der Waals surface area contributed by atoms with E-state index in [-0.39, 0.29) is 24.3 Å². The summed E-state index contributed by atoms with van der Waals surface area (Å²) in [5.41, 5.74) is 6.93. The Morgan fingerprint density at radius 1 is 1.23 bits per heavy atom. The van der Waals surface area contributed by atoms with E-state index in [1.807, 2.05) is 30.3 Å². The first kappa shape index (κ1) is 16.5. The minimum absolute atomic E-state index is 0.0518. The van der Waals surface area contributed by atoms with Crippen LogP contribution in [-0.2, 0) is 14.3 Å². The predicted octanol–water partition coefficient (Wildman–Crippen LogP) is 0.442. The Bertz CT molecular complexity index is 487. The molecule has 0 saturated carbocycles. The van der Waals surface area contributed by atoms with E-state index in [1.165, 1.54) is 0 Å². The molecule has 1 atom stereocenters. The third-order valence-electron chi connectivity index (χ3n) is 3.66. The first-order valence-electron chi connectivity index (χ1n) is 7.59. The van der Waals surface area contributed by atoms with Crippen LogP contribution < -0.4 is 11.1 Å². The van der Waals surface area contributed by atoms with Crippen LogP contribution in [0.15, 0.2) is 30.3 Å². The van der Waals surface area contributed by atoms with Gasteiger partial charge in [-0.3, -0.25) is 9.59 Å². The highest BCUT2D eigenvalue weighted by molar-refractivity contribution is 5.79. The molecule has 0 aliphatic carbocycles. The first-order chi connectivity index (χ1) is 10.7. The lowest BCUT2D eigenvalue weighted by molar-refractivity contribution is -0.135. The van der Waals surface area contributed by atoms with Crippen LogP contribution in [0.5, 0.6) is 0 Å². The van der Waals surface area contributed by atoms with Crippen molar-refractivity contribution in [2.45, 2.75) is 18.9 Å². The second-order valence-corrected chi connectivity index (χ2v) is 5.31. The number of benzene rings is 1. The van der Waals surface area contributed by atoms with E-state index in [2.05, 4.69) is 5.32 Å². The van der Waals surface area contributed by atoms with Crippen LogP contribution in [0.1, 0.15) is 24.4 Å². The quantitative estimate of drug-likeness (QED) is 0.799.